The number of carbonyl (C=O) groups is 1. The van der Waals surface area contributed by atoms with Crippen molar-refractivity contribution < 1.29 is 9.53 Å². The van der Waals surface area contributed by atoms with Gasteiger partial charge in [0, 0.05) is 57.6 Å². The molecule has 2 atom stereocenters. The number of likely N-dealkylation sites (tertiary alicyclic amines) is 2. The first-order valence-electron chi connectivity index (χ1n) is 8.99. The Labute approximate surface area is 142 Å². The first-order chi connectivity index (χ1) is 11.8. The van der Waals surface area contributed by atoms with Crippen LogP contribution in [0.4, 0.5) is 10.7 Å². The molecule has 0 N–H and O–H groups in total. The Morgan fingerprint density at radius 2 is 1.83 bits per heavy atom. The van der Waals surface area contributed by atoms with E-state index < -0.39 is 0 Å². The number of aromatic nitrogens is 2. The first kappa shape index (κ1) is 15.6. The maximum Gasteiger partial charge on any atom is 0.320 e. The molecule has 0 bridgehead atoms. The minimum absolute atomic E-state index is 0.124. The standard InChI is InChI=1S/C17H25N5O2/c23-17(20-7-1-2-8-20)22-9-4-14-12-21(10-11-24-15(14)13-22)16-18-5-3-6-19-16/h3,5-6,14-15H,1-2,4,7-13H2/t14-,15-/m1/s1. The molecule has 1 aromatic rings. The highest BCUT2D eigenvalue weighted by Crippen LogP contribution is 2.26. The van der Waals surface area contributed by atoms with Gasteiger partial charge in [0.1, 0.15) is 0 Å². The van der Waals surface area contributed by atoms with Crippen molar-refractivity contribution in [3.05, 3.63) is 18.5 Å². The van der Waals surface area contributed by atoms with Crippen LogP contribution in [0.25, 0.3) is 0 Å². The predicted molar refractivity (Wildman–Crippen MR) is 89.9 cm³/mol. The highest BCUT2D eigenvalue weighted by Gasteiger charge is 2.37. The zero-order valence-electron chi connectivity index (χ0n) is 14.0. The topological polar surface area (TPSA) is 61.8 Å². The molecule has 1 aromatic heterocycles. The monoisotopic (exact) mass is 331 g/mol. The van der Waals surface area contributed by atoms with Crippen molar-refractivity contribution in [2.45, 2.75) is 25.4 Å². The zero-order valence-corrected chi connectivity index (χ0v) is 14.0. The molecule has 0 unspecified atom stereocenters. The van der Waals surface area contributed by atoms with E-state index in [1.807, 2.05) is 15.9 Å². The second kappa shape index (κ2) is 6.93. The Morgan fingerprint density at radius 1 is 1.04 bits per heavy atom. The van der Waals surface area contributed by atoms with Crippen LogP contribution in [0.5, 0.6) is 0 Å². The Morgan fingerprint density at radius 3 is 2.62 bits per heavy atom. The van der Waals surface area contributed by atoms with E-state index in [1.165, 1.54) is 0 Å². The second-order valence-electron chi connectivity index (χ2n) is 6.88. The summed E-state index contributed by atoms with van der Waals surface area (Å²) in [6.07, 6.45) is 6.93. The molecular weight excluding hydrogens is 306 g/mol. The van der Waals surface area contributed by atoms with Crippen LogP contribution < -0.4 is 4.90 Å². The number of urea groups is 1. The van der Waals surface area contributed by atoms with Gasteiger partial charge in [-0.25, -0.2) is 14.8 Å². The van der Waals surface area contributed by atoms with Crippen molar-refractivity contribution in [1.29, 1.82) is 0 Å². The van der Waals surface area contributed by atoms with Crippen LogP contribution in [-0.4, -0.2) is 77.8 Å². The number of anilines is 1. The van der Waals surface area contributed by atoms with Crippen LogP contribution in [0.1, 0.15) is 19.3 Å². The SMILES string of the molecule is O=C(N1CCCC1)N1CC[C@@H]2CN(c3ncccn3)CCO[C@@H]2C1. The lowest BCUT2D eigenvalue weighted by Crippen LogP contribution is -2.52. The molecular formula is C17H25N5O2. The number of hydrogen-bond acceptors (Lipinski definition) is 5. The lowest BCUT2D eigenvalue weighted by atomic mass is 9.93. The van der Waals surface area contributed by atoms with Crippen LogP contribution in [-0.2, 0) is 4.74 Å². The number of hydrogen-bond donors (Lipinski definition) is 0. The number of amides is 2. The molecule has 0 aliphatic carbocycles. The molecule has 24 heavy (non-hydrogen) atoms. The fourth-order valence-electron chi connectivity index (χ4n) is 3.97. The second-order valence-corrected chi connectivity index (χ2v) is 6.88. The molecule has 3 aliphatic heterocycles. The van der Waals surface area contributed by atoms with Crippen molar-refractivity contribution in [2.24, 2.45) is 5.92 Å². The summed E-state index contributed by atoms with van der Waals surface area (Å²) in [7, 11) is 0. The van der Waals surface area contributed by atoms with E-state index in [4.69, 9.17) is 4.74 Å². The van der Waals surface area contributed by atoms with Gasteiger partial charge in [-0.15, -0.1) is 0 Å². The fourth-order valence-corrected chi connectivity index (χ4v) is 3.97. The van der Waals surface area contributed by atoms with Crippen molar-refractivity contribution in [3.8, 4) is 0 Å². The Bertz CT molecular complexity index is 563. The average molecular weight is 331 g/mol. The average Bonchev–Trinajstić information content (AvgIpc) is 3.08. The van der Waals surface area contributed by atoms with E-state index in [2.05, 4.69) is 14.9 Å². The van der Waals surface area contributed by atoms with Gasteiger partial charge in [0.2, 0.25) is 5.95 Å². The van der Waals surface area contributed by atoms with Crippen LogP contribution in [0.2, 0.25) is 0 Å². The van der Waals surface area contributed by atoms with Crippen LogP contribution >= 0.6 is 0 Å². The molecule has 3 fully saturated rings. The number of carbonyl (C=O) groups excluding carboxylic acids is 1. The van der Waals surface area contributed by atoms with Gasteiger partial charge in [0.25, 0.3) is 0 Å². The van der Waals surface area contributed by atoms with Crippen LogP contribution in [0.15, 0.2) is 18.5 Å². The summed E-state index contributed by atoms with van der Waals surface area (Å²) in [4.78, 5) is 27.5. The summed E-state index contributed by atoms with van der Waals surface area (Å²) >= 11 is 0. The molecule has 0 spiro atoms. The molecule has 2 amide bonds. The van der Waals surface area contributed by atoms with Gasteiger partial charge in [-0.1, -0.05) is 0 Å². The summed E-state index contributed by atoms with van der Waals surface area (Å²) < 4.78 is 6.09. The first-order valence-corrected chi connectivity index (χ1v) is 8.99. The third-order valence-electron chi connectivity index (χ3n) is 5.33. The van der Waals surface area contributed by atoms with Gasteiger partial charge in [0.15, 0.2) is 0 Å². The zero-order chi connectivity index (χ0) is 16.4. The molecule has 7 nitrogen and oxygen atoms in total. The Hall–Kier alpha value is -1.89. The molecule has 0 radical (unpaired) electrons. The third-order valence-corrected chi connectivity index (χ3v) is 5.33. The number of ether oxygens (including phenoxy) is 1. The van der Waals surface area contributed by atoms with Gasteiger partial charge in [-0.3, -0.25) is 0 Å². The van der Waals surface area contributed by atoms with E-state index in [1.54, 1.807) is 12.4 Å². The number of fused-ring (bicyclic) bond motifs is 1. The van der Waals surface area contributed by atoms with E-state index >= 15 is 0 Å². The smallest absolute Gasteiger partial charge is 0.320 e. The number of piperidine rings is 1. The summed E-state index contributed by atoms with van der Waals surface area (Å²) in [6.45, 7) is 5.71. The molecule has 130 valence electrons. The molecule has 3 aliphatic rings. The lowest BCUT2D eigenvalue weighted by molar-refractivity contribution is -0.0142. The number of nitrogens with zero attached hydrogens (tertiary/aromatic N) is 5. The molecule has 4 heterocycles. The summed E-state index contributed by atoms with van der Waals surface area (Å²) in [5.74, 6) is 1.20. The molecule has 3 saturated heterocycles. The molecule has 4 rings (SSSR count). The normalized spacial score (nSPS) is 27.8. The van der Waals surface area contributed by atoms with Crippen LogP contribution in [0.3, 0.4) is 0 Å². The highest BCUT2D eigenvalue weighted by molar-refractivity contribution is 5.74. The quantitative estimate of drug-likeness (QED) is 0.774. The van der Waals surface area contributed by atoms with Gasteiger partial charge in [-0.05, 0) is 25.3 Å². The highest BCUT2D eigenvalue weighted by atomic mass is 16.5. The van der Waals surface area contributed by atoms with Crippen molar-refractivity contribution in [3.63, 3.8) is 0 Å². The minimum Gasteiger partial charge on any atom is -0.374 e. The maximum atomic E-state index is 12.6. The van der Waals surface area contributed by atoms with Crippen molar-refractivity contribution in [1.82, 2.24) is 19.8 Å². The number of rotatable bonds is 1. The molecule has 0 aromatic carbocycles. The van der Waals surface area contributed by atoms with E-state index in [0.29, 0.717) is 19.1 Å². The predicted octanol–water partition coefficient (Wildman–Crippen LogP) is 1.22. The van der Waals surface area contributed by atoms with Gasteiger partial charge in [0.05, 0.1) is 12.7 Å². The molecule has 7 heteroatoms. The van der Waals surface area contributed by atoms with Crippen molar-refractivity contribution >= 4 is 12.0 Å². The summed E-state index contributed by atoms with van der Waals surface area (Å²) in [5.41, 5.74) is 0. The summed E-state index contributed by atoms with van der Waals surface area (Å²) in [6, 6.07) is 2.03. The van der Waals surface area contributed by atoms with E-state index in [0.717, 1.165) is 57.9 Å². The fraction of sp³-hybridized carbons (Fsp3) is 0.706. The van der Waals surface area contributed by atoms with E-state index in [-0.39, 0.29) is 12.1 Å². The van der Waals surface area contributed by atoms with Crippen LogP contribution in [0, 0.1) is 5.92 Å². The minimum atomic E-state index is 0.124. The Balaban J connectivity index is 1.40. The van der Waals surface area contributed by atoms with Gasteiger partial charge in [-0.2, -0.15) is 0 Å². The van der Waals surface area contributed by atoms with Gasteiger partial charge < -0.3 is 19.4 Å². The largest absolute Gasteiger partial charge is 0.374 e. The summed E-state index contributed by atoms with van der Waals surface area (Å²) in [5, 5.41) is 0. The third kappa shape index (κ3) is 3.17. The molecule has 0 saturated carbocycles. The maximum absolute atomic E-state index is 12.6. The van der Waals surface area contributed by atoms with Gasteiger partial charge >= 0.3 is 6.03 Å². The Kier molecular flexibility index (Phi) is 4.51. The lowest BCUT2D eigenvalue weighted by Gasteiger charge is -2.39. The van der Waals surface area contributed by atoms with Crippen molar-refractivity contribution in [2.75, 3.05) is 50.8 Å². The van der Waals surface area contributed by atoms with E-state index in [9.17, 15) is 4.79 Å².